The Balaban J connectivity index is 1.95. The molecule has 0 heterocycles. The van der Waals surface area contributed by atoms with Gasteiger partial charge in [0, 0.05) is 5.69 Å². The molecule has 0 spiro atoms. The van der Waals surface area contributed by atoms with E-state index in [0.29, 0.717) is 22.9 Å². The van der Waals surface area contributed by atoms with E-state index in [1.54, 1.807) is 19.1 Å². The average Bonchev–Trinajstić information content (AvgIpc) is 2.61. The molecule has 1 atom stereocenters. The summed E-state index contributed by atoms with van der Waals surface area (Å²) in [6.07, 6.45) is 1.07. The standard InChI is InChI=1S/C20H23NO4/c1-4-13(2)15-8-10-16(11-9-15)25-12-19(22)21-18-7-5-6-17(14(18)3)20(23)24/h5-11,13H,4,12H2,1-3H3,(H,21,22)(H,23,24)/t13-/m0/s1. The molecular weight excluding hydrogens is 318 g/mol. The number of carboxylic acids is 1. The lowest BCUT2D eigenvalue weighted by molar-refractivity contribution is -0.118. The Morgan fingerprint density at radius 2 is 1.84 bits per heavy atom. The van der Waals surface area contributed by atoms with E-state index in [0.717, 1.165) is 6.42 Å². The number of hydrogen-bond acceptors (Lipinski definition) is 3. The number of carbonyl (C=O) groups excluding carboxylic acids is 1. The van der Waals surface area contributed by atoms with Crippen molar-refractivity contribution in [3.63, 3.8) is 0 Å². The molecule has 0 aliphatic rings. The van der Waals surface area contributed by atoms with Gasteiger partial charge in [-0.05, 0) is 54.7 Å². The minimum Gasteiger partial charge on any atom is -0.484 e. The molecule has 2 N–H and O–H groups in total. The van der Waals surface area contributed by atoms with Crippen LogP contribution >= 0.6 is 0 Å². The van der Waals surface area contributed by atoms with Gasteiger partial charge in [0.2, 0.25) is 0 Å². The third-order valence-corrected chi connectivity index (χ3v) is 4.27. The SMILES string of the molecule is CC[C@H](C)c1ccc(OCC(=O)Nc2cccc(C(=O)O)c2C)cc1. The highest BCUT2D eigenvalue weighted by Gasteiger charge is 2.12. The summed E-state index contributed by atoms with van der Waals surface area (Å²) in [4.78, 5) is 23.2. The number of aromatic carboxylic acids is 1. The normalized spacial score (nSPS) is 11.6. The van der Waals surface area contributed by atoms with E-state index in [-0.39, 0.29) is 18.1 Å². The van der Waals surface area contributed by atoms with Crippen LogP contribution in [0.3, 0.4) is 0 Å². The number of anilines is 1. The Morgan fingerprint density at radius 1 is 1.16 bits per heavy atom. The highest BCUT2D eigenvalue weighted by molar-refractivity contribution is 5.96. The number of carboxylic acid groups (broad SMARTS) is 1. The molecular formula is C20H23NO4. The minimum absolute atomic E-state index is 0.139. The van der Waals surface area contributed by atoms with E-state index in [1.165, 1.54) is 11.6 Å². The first kappa shape index (κ1) is 18.5. The van der Waals surface area contributed by atoms with Crippen LogP contribution in [0.15, 0.2) is 42.5 Å². The molecule has 0 saturated carbocycles. The number of rotatable bonds is 7. The summed E-state index contributed by atoms with van der Waals surface area (Å²) in [6.45, 7) is 5.82. The van der Waals surface area contributed by atoms with Gasteiger partial charge in [0.05, 0.1) is 5.56 Å². The summed E-state index contributed by atoms with van der Waals surface area (Å²) in [7, 11) is 0. The summed E-state index contributed by atoms with van der Waals surface area (Å²) in [5.74, 6) is -0.247. The molecule has 0 aromatic heterocycles. The number of ether oxygens (including phenoxy) is 1. The molecule has 25 heavy (non-hydrogen) atoms. The van der Waals surface area contributed by atoms with Crippen molar-refractivity contribution in [2.24, 2.45) is 0 Å². The summed E-state index contributed by atoms with van der Waals surface area (Å²) in [5, 5.41) is 11.8. The van der Waals surface area contributed by atoms with Gasteiger partial charge >= 0.3 is 5.97 Å². The molecule has 0 fully saturated rings. The quantitative estimate of drug-likeness (QED) is 0.790. The minimum atomic E-state index is -1.02. The van der Waals surface area contributed by atoms with E-state index in [2.05, 4.69) is 19.2 Å². The monoisotopic (exact) mass is 341 g/mol. The fourth-order valence-electron chi connectivity index (χ4n) is 2.47. The fourth-order valence-corrected chi connectivity index (χ4v) is 2.47. The highest BCUT2D eigenvalue weighted by atomic mass is 16.5. The smallest absolute Gasteiger partial charge is 0.336 e. The first-order chi connectivity index (χ1) is 11.9. The second kappa shape index (κ2) is 8.33. The topological polar surface area (TPSA) is 75.6 Å². The van der Waals surface area contributed by atoms with Crippen molar-refractivity contribution in [1.29, 1.82) is 0 Å². The Morgan fingerprint density at radius 3 is 2.44 bits per heavy atom. The van der Waals surface area contributed by atoms with Gasteiger partial charge in [-0.25, -0.2) is 4.79 Å². The second-order valence-electron chi connectivity index (χ2n) is 6.00. The molecule has 2 aromatic rings. The number of nitrogens with one attached hydrogen (secondary N) is 1. The van der Waals surface area contributed by atoms with Gasteiger partial charge < -0.3 is 15.2 Å². The lowest BCUT2D eigenvalue weighted by Gasteiger charge is -2.12. The zero-order chi connectivity index (χ0) is 18.4. The van der Waals surface area contributed by atoms with Crippen molar-refractivity contribution in [3.05, 3.63) is 59.2 Å². The van der Waals surface area contributed by atoms with Crippen molar-refractivity contribution < 1.29 is 19.4 Å². The molecule has 132 valence electrons. The van der Waals surface area contributed by atoms with Crippen molar-refractivity contribution in [1.82, 2.24) is 0 Å². The lowest BCUT2D eigenvalue weighted by atomic mass is 9.99. The molecule has 5 nitrogen and oxygen atoms in total. The summed E-state index contributed by atoms with van der Waals surface area (Å²) < 4.78 is 5.50. The molecule has 2 rings (SSSR count). The van der Waals surface area contributed by atoms with Gasteiger partial charge in [0.25, 0.3) is 5.91 Å². The molecule has 2 aromatic carbocycles. The largest absolute Gasteiger partial charge is 0.484 e. The van der Waals surface area contributed by atoms with Crippen LogP contribution in [-0.4, -0.2) is 23.6 Å². The maximum atomic E-state index is 12.1. The van der Waals surface area contributed by atoms with Gasteiger partial charge in [-0.2, -0.15) is 0 Å². The van der Waals surface area contributed by atoms with Gasteiger partial charge in [-0.15, -0.1) is 0 Å². The van der Waals surface area contributed by atoms with Gasteiger partial charge in [-0.3, -0.25) is 4.79 Å². The van der Waals surface area contributed by atoms with Crippen LogP contribution in [0.5, 0.6) is 5.75 Å². The Labute approximate surface area is 147 Å². The molecule has 0 saturated heterocycles. The maximum absolute atomic E-state index is 12.1. The van der Waals surface area contributed by atoms with Gasteiger partial charge in [-0.1, -0.05) is 32.0 Å². The van der Waals surface area contributed by atoms with Crippen LogP contribution in [0.25, 0.3) is 0 Å². The Bertz CT molecular complexity index is 753. The average molecular weight is 341 g/mol. The summed E-state index contributed by atoms with van der Waals surface area (Å²) >= 11 is 0. The van der Waals surface area contributed by atoms with Crippen molar-refractivity contribution >= 4 is 17.6 Å². The maximum Gasteiger partial charge on any atom is 0.336 e. The first-order valence-electron chi connectivity index (χ1n) is 8.27. The van der Waals surface area contributed by atoms with Gasteiger partial charge in [0.1, 0.15) is 5.75 Å². The van der Waals surface area contributed by atoms with Crippen LogP contribution in [0.2, 0.25) is 0 Å². The molecule has 5 heteroatoms. The number of hydrogen-bond donors (Lipinski definition) is 2. The van der Waals surface area contributed by atoms with E-state index < -0.39 is 5.97 Å². The number of carbonyl (C=O) groups is 2. The van der Waals surface area contributed by atoms with Crippen molar-refractivity contribution in [2.75, 3.05) is 11.9 Å². The number of amides is 1. The first-order valence-corrected chi connectivity index (χ1v) is 8.27. The molecule has 1 amide bonds. The summed E-state index contributed by atoms with van der Waals surface area (Å²) in [6, 6.07) is 12.5. The van der Waals surface area contributed by atoms with Crippen LogP contribution in [0.4, 0.5) is 5.69 Å². The zero-order valence-corrected chi connectivity index (χ0v) is 14.7. The molecule has 0 aliphatic carbocycles. The van der Waals surface area contributed by atoms with E-state index in [4.69, 9.17) is 9.84 Å². The third kappa shape index (κ3) is 4.83. The van der Waals surface area contributed by atoms with Crippen molar-refractivity contribution in [2.45, 2.75) is 33.1 Å². The zero-order valence-electron chi connectivity index (χ0n) is 14.7. The molecule has 0 unspecified atom stereocenters. The molecule has 0 bridgehead atoms. The Hall–Kier alpha value is -2.82. The van der Waals surface area contributed by atoms with Crippen LogP contribution in [-0.2, 0) is 4.79 Å². The highest BCUT2D eigenvalue weighted by Crippen LogP contribution is 2.22. The Kier molecular flexibility index (Phi) is 6.17. The number of benzene rings is 2. The van der Waals surface area contributed by atoms with E-state index in [1.807, 2.05) is 24.3 Å². The van der Waals surface area contributed by atoms with Crippen molar-refractivity contribution in [3.8, 4) is 5.75 Å². The van der Waals surface area contributed by atoms with Crippen LogP contribution < -0.4 is 10.1 Å². The summed E-state index contributed by atoms with van der Waals surface area (Å²) in [5.41, 5.74) is 2.39. The van der Waals surface area contributed by atoms with E-state index >= 15 is 0 Å². The fraction of sp³-hybridized carbons (Fsp3) is 0.300. The van der Waals surface area contributed by atoms with E-state index in [9.17, 15) is 9.59 Å². The lowest BCUT2D eigenvalue weighted by Crippen LogP contribution is -2.21. The van der Waals surface area contributed by atoms with Gasteiger partial charge in [0.15, 0.2) is 6.61 Å². The van der Waals surface area contributed by atoms with Crippen LogP contribution in [0, 0.1) is 6.92 Å². The molecule has 0 radical (unpaired) electrons. The third-order valence-electron chi connectivity index (χ3n) is 4.27. The van der Waals surface area contributed by atoms with Crippen LogP contribution in [0.1, 0.15) is 47.7 Å². The molecule has 0 aliphatic heterocycles. The predicted octanol–water partition coefficient (Wildman–Crippen LogP) is 4.22. The predicted molar refractivity (Wildman–Crippen MR) is 97.4 cm³/mol. The second-order valence-corrected chi connectivity index (χ2v) is 6.00.